The maximum absolute atomic E-state index is 12.4. The quantitative estimate of drug-likeness (QED) is 0.819. The second-order valence-electron chi connectivity index (χ2n) is 5.15. The fourth-order valence-electron chi connectivity index (χ4n) is 2.89. The summed E-state index contributed by atoms with van der Waals surface area (Å²) < 4.78 is 5.79. The number of fused-ring (bicyclic) bond motifs is 2. The van der Waals surface area contributed by atoms with Gasteiger partial charge in [0.2, 0.25) is 0 Å². The van der Waals surface area contributed by atoms with Gasteiger partial charge in [0.05, 0.1) is 18.1 Å². The van der Waals surface area contributed by atoms with Gasteiger partial charge in [-0.3, -0.25) is 4.79 Å². The van der Waals surface area contributed by atoms with Crippen molar-refractivity contribution in [1.29, 1.82) is 0 Å². The first kappa shape index (κ1) is 12.1. The van der Waals surface area contributed by atoms with Crippen molar-refractivity contribution in [2.75, 3.05) is 18.6 Å². The molecule has 1 heterocycles. The third kappa shape index (κ3) is 2.05. The van der Waals surface area contributed by atoms with E-state index in [-0.39, 0.29) is 11.7 Å². The summed E-state index contributed by atoms with van der Waals surface area (Å²) in [4.78, 5) is 12.4. The highest BCUT2D eigenvalue weighted by Crippen LogP contribution is 2.34. The third-order valence-corrected chi connectivity index (χ3v) is 4.62. The summed E-state index contributed by atoms with van der Waals surface area (Å²) in [6.07, 6.45) is 6.79. The van der Waals surface area contributed by atoms with Crippen LogP contribution in [-0.4, -0.2) is 24.4 Å². The molecule has 1 aromatic carbocycles. The maximum Gasteiger partial charge on any atom is 0.173 e. The van der Waals surface area contributed by atoms with Gasteiger partial charge in [-0.05, 0) is 55.2 Å². The molecule has 2 nitrogen and oxygen atoms in total. The lowest BCUT2D eigenvalue weighted by atomic mass is 9.87. The number of aryl methyl sites for hydroxylation is 2. The highest BCUT2D eigenvalue weighted by molar-refractivity contribution is 7.98. The molecular formula is C15H18O2S. The summed E-state index contributed by atoms with van der Waals surface area (Å²) in [5.74, 6) is 1.99. The van der Waals surface area contributed by atoms with Gasteiger partial charge in [-0.25, -0.2) is 0 Å². The lowest BCUT2D eigenvalue weighted by Gasteiger charge is -2.26. The molecule has 0 N–H and O–H groups in total. The fourth-order valence-corrected chi connectivity index (χ4v) is 3.54. The topological polar surface area (TPSA) is 26.3 Å². The summed E-state index contributed by atoms with van der Waals surface area (Å²) in [5.41, 5.74) is 3.57. The zero-order valence-corrected chi connectivity index (χ0v) is 11.5. The van der Waals surface area contributed by atoms with Crippen molar-refractivity contribution in [3.63, 3.8) is 0 Å². The minimum Gasteiger partial charge on any atom is -0.492 e. The second kappa shape index (κ2) is 4.96. The van der Waals surface area contributed by atoms with E-state index in [0.717, 1.165) is 29.9 Å². The molecule has 3 heteroatoms. The van der Waals surface area contributed by atoms with E-state index in [2.05, 4.69) is 12.1 Å². The van der Waals surface area contributed by atoms with Crippen LogP contribution in [0.5, 0.6) is 5.75 Å². The van der Waals surface area contributed by atoms with Gasteiger partial charge in [-0.15, -0.1) is 0 Å². The molecule has 1 atom stereocenters. The van der Waals surface area contributed by atoms with E-state index in [1.54, 1.807) is 11.8 Å². The first-order chi connectivity index (χ1) is 8.79. The Morgan fingerprint density at radius 3 is 2.72 bits per heavy atom. The van der Waals surface area contributed by atoms with Gasteiger partial charge < -0.3 is 4.74 Å². The lowest BCUT2D eigenvalue weighted by molar-refractivity contribution is 0.0853. The normalized spacial score (nSPS) is 22.1. The number of carbonyl (C=O) groups is 1. The van der Waals surface area contributed by atoms with Crippen LogP contribution < -0.4 is 4.74 Å². The summed E-state index contributed by atoms with van der Waals surface area (Å²) in [6, 6.07) is 4.20. The zero-order chi connectivity index (χ0) is 12.5. The highest BCUT2D eigenvalue weighted by Gasteiger charge is 2.29. The average Bonchev–Trinajstić information content (AvgIpc) is 2.41. The van der Waals surface area contributed by atoms with Crippen molar-refractivity contribution < 1.29 is 9.53 Å². The molecule has 0 fully saturated rings. The molecule has 3 rings (SSSR count). The lowest BCUT2D eigenvalue weighted by Crippen LogP contribution is -2.30. The first-order valence-electron chi connectivity index (χ1n) is 6.61. The summed E-state index contributed by atoms with van der Waals surface area (Å²) in [6.45, 7) is 0.547. The van der Waals surface area contributed by atoms with Gasteiger partial charge in [0.15, 0.2) is 5.78 Å². The van der Waals surface area contributed by atoms with E-state index in [4.69, 9.17) is 4.74 Å². The van der Waals surface area contributed by atoms with Gasteiger partial charge >= 0.3 is 0 Å². The molecule has 1 aliphatic carbocycles. The number of rotatable bonds is 2. The van der Waals surface area contributed by atoms with Gasteiger partial charge in [0, 0.05) is 5.75 Å². The number of benzene rings is 1. The summed E-state index contributed by atoms with van der Waals surface area (Å²) in [5, 5.41) is 0. The van der Waals surface area contributed by atoms with E-state index < -0.39 is 0 Å². The van der Waals surface area contributed by atoms with Crippen LogP contribution in [0.3, 0.4) is 0 Å². The van der Waals surface area contributed by atoms with Gasteiger partial charge in [0.1, 0.15) is 5.75 Å². The molecule has 18 heavy (non-hydrogen) atoms. The maximum atomic E-state index is 12.4. The predicted octanol–water partition coefficient (Wildman–Crippen LogP) is 3.12. The number of hydrogen-bond acceptors (Lipinski definition) is 3. The average molecular weight is 262 g/mol. The molecule has 0 bridgehead atoms. The van der Waals surface area contributed by atoms with Crippen LogP contribution in [0.2, 0.25) is 0 Å². The Bertz CT molecular complexity index is 482. The standard InChI is InChI=1S/C15H18O2S/c1-18-9-12-8-17-14-7-11-5-3-2-4-10(11)6-13(14)15(12)16/h6-7,12H,2-5,8-9H2,1H3. The molecule has 1 aromatic rings. The molecule has 1 aliphatic heterocycles. The number of carbonyl (C=O) groups excluding carboxylic acids is 1. The Balaban J connectivity index is 1.97. The number of ketones is 1. The van der Waals surface area contributed by atoms with Crippen LogP contribution in [-0.2, 0) is 12.8 Å². The fraction of sp³-hybridized carbons (Fsp3) is 0.533. The Kier molecular flexibility index (Phi) is 3.33. The van der Waals surface area contributed by atoms with Crippen molar-refractivity contribution in [2.24, 2.45) is 5.92 Å². The molecule has 2 aliphatic rings. The van der Waals surface area contributed by atoms with Crippen molar-refractivity contribution >= 4 is 17.5 Å². The summed E-state index contributed by atoms with van der Waals surface area (Å²) >= 11 is 1.71. The van der Waals surface area contributed by atoms with E-state index >= 15 is 0 Å². The van der Waals surface area contributed by atoms with E-state index in [1.165, 1.54) is 24.0 Å². The molecule has 0 aromatic heterocycles. The Morgan fingerprint density at radius 1 is 1.28 bits per heavy atom. The van der Waals surface area contributed by atoms with Gasteiger partial charge in [-0.1, -0.05) is 0 Å². The van der Waals surface area contributed by atoms with Gasteiger partial charge in [-0.2, -0.15) is 11.8 Å². The molecule has 0 saturated heterocycles. The van der Waals surface area contributed by atoms with Crippen LogP contribution in [0.4, 0.5) is 0 Å². The first-order valence-corrected chi connectivity index (χ1v) is 8.00. The monoisotopic (exact) mass is 262 g/mol. The smallest absolute Gasteiger partial charge is 0.173 e. The highest BCUT2D eigenvalue weighted by atomic mass is 32.2. The Labute approximate surface area is 112 Å². The van der Waals surface area contributed by atoms with Crippen LogP contribution in [0.25, 0.3) is 0 Å². The molecule has 0 saturated carbocycles. The molecular weight excluding hydrogens is 244 g/mol. The van der Waals surface area contributed by atoms with E-state index in [9.17, 15) is 4.79 Å². The number of Topliss-reactive ketones (excluding diaryl/α,β-unsaturated/α-hetero) is 1. The summed E-state index contributed by atoms with van der Waals surface area (Å²) in [7, 11) is 0. The number of ether oxygens (including phenoxy) is 1. The predicted molar refractivity (Wildman–Crippen MR) is 74.8 cm³/mol. The van der Waals surface area contributed by atoms with E-state index in [1.807, 2.05) is 6.26 Å². The molecule has 0 amide bonds. The number of hydrogen-bond donors (Lipinski definition) is 0. The van der Waals surface area contributed by atoms with Crippen LogP contribution in [0.15, 0.2) is 12.1 Å². The third-order valence-electron chi connectivity index (χ3n) is 3.89. The van der Waals surface area contributed by atoms with Crippen molar-refractivity contribution in [2.45, 2.75) is 25.7 Å². The second-order valence-corrected chi connectivity index (χ2v) is 6.06. The van der Waals surface area contributed by atoms with Crippen LogP contribution in [0.1, 0.15) is 34.3 Å². The van der Waals surface area contributed by atoms with Crippen molar-refractivity contribution in [3.05, 3.63) is 28.8 Å². The van der Waals surface area contributed by atoms with Gasteiger partial charge in [0.25, 0.3) is 0 Å². The molecule has 0 radical (unpaired) electrons. The Hall–Kier alpha value is -0.960. The zero-order valence-electron chi connectivity index (χ0n) is 10.7. The Morgan fingerprint density at radius 2 is 2.00 bits per heavy atom. The van der Waals surface area contributed by atoms with Crippen molar-refractivity contribution in [1.82, 2.24) is 0 Å². The van der Waals surface area contributed by atoms with Crippen molar-refractivity contribution in [3.8, 4) is 5.75 Å². The molecule has 96 valence electrons. The minimum absolute atomic E-state index is 0.0362. The largest absolute Gasteiger partial charge is 0.492 e. The SMILES string of the molecule is CSCC1COc2cc3c(cc2C1=O)CCCC3. The minimum atomic E-state index is 0.0362. The number of thioether (sulfide) groups is 1. The molecule has 0 spiro atoms. The van der Waals surface area contributed by atoms with E-state index in [0.29, 0.717) is 6.61 Å². The molecule has 1 unspecified atom stereocenters. The van der Waals surface area contributed by atoms with Crippen LogP contribution in [0, 0.1) is 5.92 Å². The van der Waals surface area contributed by atoms with Crippen LogP contribution >= 0.6 is 11.8 Å².